The molecule has 2 N–H and O–H groups in total. The summed E-state index contributed by atoms with van der Waals surface area (Å²) in [6.07, 6.45) is -3.77. The maximum Gasteiger partial charge on any atom is 0.416 e. The van der Waals surface area contributed by atoms with Gasteiger partial charge in [0, 0.05) is 25.9 Å². The number of hydrogen-bond donors (Lipinski definition) is 1. The average Bonchev–Trinajstić information content (AvgIpc) is 2.40. The van der Waals surface area contributed by atoms with E-state index in [2.05, 4.69) is 0 Å². The monoisotopic (exact) mass is 300 g/mol. The molecule has 4 nitrogen and oxygen atoms in total. The van der Waals surface area contributed by atoms with Crippen molar-refractivity contribution in [2.75, 3.05) is 13.1 Å². The van der Waals surface area contributed by atoms with Gasteiger partial charge in [-0.15, -0.1) is 0 Å². The van der Waals surface area contributed by atoms with Gasteiger partial charge in [0.05, 0.1) is 5.56 Å². The van der Waals surface area contributed by atoms with E-state index in [1.807, 2.05) is 0 Å². The Hall–Kier alpha value is -1.89. The topological polar surface area (TPSA) is 63.4 Å². The van der Waals surface area contributed by atoms with Crippen LogP contribution in [0.1, 0.15) is 30.0 Å². The molecular formula is C14H15F3N2O2. The van der Waals surface area contributed by atoms with Gasteiger partial charge < -0.3 is 5.73 Å². The zero-order chi connectivity index (χ0) is 15.6. The van der Waals surface area contributed by atoms with Gasteiger partial charge in [-0.1, -0.05) is 12.1 Å². The fourth-order valence-electron chi connectivity index (χ4n) is 2.44. The number of likely N-dealkylation sites (tertiary alicyclic amines) is 1. The SMILES string of the molecule is NC(=O)C(c1ccc(C(F)(F)F)cc1)N1CCC(=O)CC1. The normalized spacial score (nSPS) is 18.5. The van der Waals surface area contributed by atoms with E-state index in [1.165, 1.54) is 12.1 Å². The molecule has 0 bridgehead atoms. The standard InChI is InChI=1S/C14H15F3N2O2/c15-14(16,17)10-3-1-9(2-4-10)12(13(18)21)19-7-5-11(20)6-8-19/h1-4,12H,5-8H2,(H2,18,21). The zero-order valence-corrected chi connectivity index (χ0v) is 11.2. The molecule has 1 atom stereocenters. The summed E-state index contributed by atoms with van der Waals surface area (Å²) < 4.78 is 37.6. The maximum atomic E-state index is 12.5. The predicted octanol–water partition coefficient (Wildman–Crippen LogP) is 1.90. The van der Waals surface area contributed by atoms with Crippen LogP contribution in [-0.4, -0.2) is 29.7 Å². The van der Waals surface area contributed by atoms with Gasteiger partial charge in [-0.25, -0.2) is 0 Å². The van der Waals surface area contributed by atoms with E-state index in [9.17, 15) is 22.8 Å². The fraction of sp³-hybridized carbons (Fsp3) is 0.429. The quantitative estimate of drug-likeness (QED) is 0.927. The summed E-state index contributed by atoms with van der Waals surface area (Å²) in [7, 11) is 0. The number of amides is 1. The van der Waals surface area contributed by atoms with Crippen molar-refractivity contribution in [1.29, 1.82) is 0 Å². The summed E-state index contributed by atoms with van der Waals surface area (Å²) >= 11 is 0. The van der Waals surface area contributed by atoms with Crippen molar-refractivity contribution in [1.82, 2.24) is 4.90 Å². The molecule has 2 rings (SSSR count). The molecule has 1 heterocycles. The molecule has 0 aromatic heterocycles. The molecular weight excluding hydrogens is 285 g/mol. The third-order valence-electron chi connectivity index (χ3n) is 3.54. The number of halogens is 3. The summed E-state index contributed by atoms with van der Waals surface area (Å²) in [6.45, 7) is 0.765. The molecule has 21 heavy (non-hydrogen) atoms. The van der Waals surface area contributed by atoms with Crippen LogP contribution >= 0.6 is 0 Å². The van der Waals surface area contributed by atoms with Crippen LogP contribution in [0, 0.1) is 0 Å². The summed E-state index contributed by atoms with van der Waals surface area (Å²) in [4.78, 5) is 24.6. The number of benzene rings is 1. The van der Waals surface area contributed by atoms with Crippen LogP contribution in [0.25, 0.3) is 0 Å². The second kappa shape index (κ2) is 5.85. The van der Waals surface area contributed by atoms with Crippen LogP contribution in [-0.2, 0) is 15.8 Å². The van der Waals surface area contributed by atoms with E-state index < -0.39 is 23.7 Å². The van der Waals surface area contributed by atoms with Crippen LogP contribution in [0.15, 0.2) is 24.3 Å². The van der Waals surface area contributed by atoms with Gasteiger partial charge in [0.2, 0.25) is 5.91 Å². The number of nitrogens with zero attached hydrogens (tertiary/aromatic N) is 1. The predicted molar refractivity (Wildman–Crippen MR) is 69.2 cm³/mol. The zero-order valence-electron chi connectivity index (χ0n) is 11.2. The number of alkyl halides is 3. The lowest BCUT2D eigenvalue weighted by Gasteiger charge is -2.32. The lowest BCUT2D eigenvalue weighted by molar-refractivity contribution is -0.137. The van der Waals surface area contributed by atoms with E-state index in [0.29, 0.717) is 31.5 Å². The Morgan fingerprint density at radius 3 is 2.10 bits per heavy atom. The molecule has 114 valence electrons. The van der Waals surface area contributed by atoms with Crippen molar-refractivity contribution in [3.8, 4) is 0 Å². The van der Waals surface area contributed by atoms with Gasteiger partial charge >= 0.3 is 6.18 Å². The van der Waals surface area contributed by atoms with Crippen molar-refractivity contribution < 1.29 is 22.8 Å². The molecule has 1 saturated heterocycles. The van der Waals surface area contributed by atoms with Crippen LogP contribution in [0.4, 0.5) is 13.2 Å². The maximum absolute atomic E-state index is 12.5. The molecule has 1 aliphatic heterocycles. The van der Waals surface area contributed by atoms with Gasteiger partial charge in [0.15, 0.2) is 0 Å². The van der Waals surface area contributed by atoms with Gasteiger partial charge in [-0.3, -0.25) is 14.5 Å². The number of carbonyl (C=O) groups is 2. The Morgan fingerprint density at radius 1 is 1.14 bits per heavy atom. The third kappa shape index (κ3) is 3.60. The molecule has 1 fully saturated rings. The minimum atomic E-state index is -4.42. The first-order valence-electron chi connectivity index (χ1n) is 6.51. The van der Waals surface area contributed by atoms with Crippen molar-refractivity contribution in [2.45, 2.75) is 25.1 Å². The van der Waals surface area contributed by atoms with Crippen LogP contribution < -0.4 is 5.73 Å². The van der Waals surface area contributed by atoms with Crippen LogP contribution in [0.3, 0.4) is 0 Å². The highest BCUT2D eigenvalue weighted by Gasteiger charge is 2.32. The molecule has 0 aliphatic carbocycles. The summed E-state index contributed by atoms with van der Waals surface area (Å²) in [5.74, 6) is -0.522. The number of primary amides is 1. The lowest BCUT2D eigenvalue weighted by atomic mass is 9.99. The molecule has 1 aliphatic rings. The van der Waals surface area contributed by atoms with Gasteiger partial charge in [0.25, 0.3) is 0 Å². The Morgan fingerprint density at radius 2 is 1.67 bits per heavy atom. The fourth-order valence-corrected chi connectivity index (χ4v) is 2.44. The minimum absolute atomic E-state index is 0.113. The summed E-state index contributed by atoms with van der Waals surface area (Å²) in [6, 6.07) is 3.57. The van der Waals surface area contributed by atoms with Crippen molar-refractivity contribution in [3.05, 3.63) is 35.4 Å². The van der Waals surface area contributed by atoms with Gasteiger partial charge in [-0.2, -0.15) is 13.2 Å². The molecule has 0 spiro atoms. The van der Waals surface area contributed by atoms with E-state index in [-0.39, 0.29) is 5.78 Å². The average molecular weight is 300 g/mol. The molecule has 1 amide bonds. The first-order valence-corrected chi connectivity index (χ1v) is 6.51. The van der Waals surface area contributed by atoms with Crippen molar-refractivity contribution in [2.24, 2.45) is 5.73 Å². The van der Waals surface area contributed by atoms with Crippen molar-refractivity contribution >= 4 is 11.7 Å². The summed E-state index contributed by atoms with van der Waals surface area (Å²) in [5.41, 5.74) is 5.00. The first kappa shape index (κ1) is 15.5. The molecule has 7 heteroatoms. The Bertz CT molecular complexity index is 530. The lowest BCUT2D eigenvalue weighted by Crippen LogP contribution is -2.42. The molecule has 1 unspecified atom stereocenters. The molecule has 1 aromatic rings. The molecule has 1 aromatic carbocycles. The molecule has 0 saturated carbocycles. The smallest absolute Gasteiger partial charge is 0.368 e. The number of Topliss-reactive ketones (excluding diaryl/α,β-unsaturated/α-hetero) is 1. The number of ketones is 1. The largest absolute Gasteiger partial charge is 0.416 e. The Kier molecular flexibility index (Phi) is 4.32. The van der Waals surface area contributed by atoms with Crippen LogP contribution in [0.5, 0.6) is 0 Å². The second-order valence-corrected chi connectivity index (χ2v) is 5.00. The summed E-state index contributed by atoms with van der Waals surface area (Å²) in [5, 5.41) is 0. The number of carbonyl (C=O) groups excluding carboxylic acids is 2. The highest BCUT2D eigenvalue weighted by molar-refractivity contribution is 5.83. The number of piperidine rings is 1. The highest BCUT2D eigenvalue weighted by Crippen LogP contribution is 2.31. The van der Waals surface area contributed by atoms with Crippen molar-refractivity contribution in [3.63, 3.8) is 0 Å². The second-order valence-electron chi connectivity index (χ2n) is 5.00. The van der Waals surface area contributed by atoms with E-state index >= 15 is 0 Å². The Balaban J connectivity index is 2.22. The van der Waals surface area contributed by atoms with E-state index in [1.54, 1.807) is 4.90 Å². The number of rotatable bonds is 3. The first-order chi connectivity index (χ1) is 9.79. The molecule has 0 radical (unpaired) electrons. The third-order valence-corrected chi connectivity index (χ3v) is 3.54. The number of nitrogens with two attached hydrogens (primary N) is 1. The Labute approximate surface area is 119 Å². The number of hydrogen-bond acceptors (Lipinski definition) is 3. The minimum Gasteiger partial charge on any atom is -0.368 e. The highest BCUT2D eigenvalue weighted by atomic mass is 19.4. The van der Waals surface area contributed by atoms with E-state index in [0.717, 1.165) is 12.1 Å². The van der Waals surface area contributed by atoms with Crippen LogP contribution in [0.2, 0.25) is 0 Å². The van der Waals surface area contributed by atoms with E-state index in [4.69, 9.17) is 5.73 Å². The van der Waals surface area contributed by atoms with Gasteiger partial charge in [-0.05, 0) is 17.7 Å². The van der Waals surface area contributed by atoms with Gasteiger partial charge in [0.1, 0.15) is 11.8 Å².